The highest BCUT2D eigenvalue weighted by Crippen LogP contribution is 2.30. The zero-order valence-electron chi connectivity index (χ0n) is 20.0. The smallest absolute Gasteiger partial charge is 0.416 e. The van der Waals surface area contributed by atoms with E-state index < -0.39 is 17.6 Å². The van der Waals surface area contributed by atoms with Crippen molar-refractivity contribution in [2.24, 2.45) is 0 Å². The number of carbonyl (C=O) groups excluding carboxylic acids is 2. The van der Waals surface area contributed by atoms with Gasteiger partial charge >= 0.3 is 6.18 Å². The SMILES string of the molecule is COc1ccccc1OCc1nc(C(=O)NC2CCC(NC(=O)c3cccc(C(F)(F)F)c3)CC2)cs1. The van der Waals surface area contributed by atoms with E-state index in [2.05, 4.69) is 15.6 Å². The van der Waals surface area contributed by atoms with Crippen LogP contribution in [0.25, 0.3) is 0 Å². The van der Waals surface area contributed by atoms with Crippen LogP contribution in [0.15, 0.2) is 53.9 Å². The number of methoxy groups -OCH3 is 1. The number of para-hydroxylation sites is 2. The lowest BCUT2D eigenvalue weighted by Gasteiger charge is -2.29. The first kappa shape index (κ1) is 26.5. The summed E-state index contributed by atoms with van der Waals surface area (Å²) < 4.78 is 49.8. The Hall–Kier alpha value is -3.60. The van der Waals surface area contributed by atoms with E-state index in [0.717, 1.165) is 12.1 Å². The van der Waals surface area contributed by atoms with Crippen LogP contribution in [0.4, 0.5) is 13.2 Å². The van der Waals surface area contributed by atoms with E-state index in [0.29, 0.717) is 47.9 Å². The molecule has 0 spiro atoms. The van der Waals surface area contributed by atoms with Crippen molar-refractivity contribution in [2.45, 2.75) is 50.6 Å². The van der Waals surface area contributed by atoms with Gasteiger partial charge in [-0.1, -0.05) is 18.2 Å². The number of halogens is 3. The fourth-order valence-electron chi connectivity index (χ4n) is 4.11. The molecule has 11 heteroatoms. The highest BCUT2D eigenvalue weighted by Gasteiger charge is 2.31. The minimum absolute atomic E-state index is 0.0284. The van der Waals surface area contributed by atoms with Gasteiger partial charge in [-0.3, -0.25) is 9.59 Å². The quantitative estimate of drug-likeness (QED) is 0.415. The lowest BCUT2D eigenvalue weighted by atomic mass is 9.91. The average molecular weight is 534 g/mol. The van der Waals surface area contributed by atoms with E-state index in [-0.39, 0.29) is 30.2 Å². The molecular formula is C26H26F3N3O4S. The Bertz CT molecular complexity index is 1240. The second-order valence-corrected chi connectivity index (χ2v) is 9.58. The number of hydrogen-bond acceptors (Lipinski definition) is 6. The summed E-state index contributed by atoms with van der Waals surface area (Å²) in [5.41, 5.74) is -0.578. The standard InChI is InChI=1S/C26H26F3N3O4S/c1-35-21-7-2-3-8-22(21)36-14-23-32-20(15-37-23)25(34)31-19-11-9-18(10-12-19)30-24(33)16-5-4-6-17(13-16)26(27,28)29/h2-8,13,15,18-19H,9-12,14H2,1H3,(H,30,33)(H,31,34). The molecule has 37 heavy (non-hydrogen) atoms. The minimum Gasteiger partial charge on any atom is -0.493 e. The summed E-state index contributed by atoms with van der Waals surface area (Å²) in [4.78, 5) is 29.5. The van der Waals surface area contributed by atoms with Gasteiger partial charge in [0.1, 0.15) is 17.3 Å². The second-order valence-electron chi connectivity index (χ2n) is 8.64. The molecule has 2 N–H and O–H groups in total. The number of nitrogens with zero attached hydrogens (tertiary/aromatic N) is 1. The maximum Gasteiger partial charge on any atom is 0.416 e. The number of rotatable bonds is 8. The largest absolute Gasteiger partial charge is 0.493 e. The molecule has 1 aliphatic rings. The summed E-state index contributed by atoms with van der Waals surface area (Å²) in [5.74, 6) is 0.377. The number of alkyl halides is 3. The number of nitrogens with one attached hydrogen (secondary N) is 2. The third kappa shape index (κ3) is 7.00. The van der Waals surface area contributed by atoms with E-state index in [9.17, 15) is 22.8 Å². The fourth-order valence-corrected chi connectivity index (χ4v) is 4.79. The Labute approximate surface area is 216 Å². The zero-order chi connectivity index (χ0) is 26.4. The highest BCUT2D eigenvalue weighted by molar-refractivity contribution is 7.09. The van der Waals surface area contributed by atoms with E-state index in [1.165, 1.54) is 23.5 Å². The molecule has 4 rings (SSSR count). The molecule has 1 heterocycles. The molecule has 1 saturated carbocycles. The Morgan fingerprint density at radius 3 is 2.27 bits per heavy atom. The summed E-state index contributed by atoms with van der Waals surface area (Å²) >= 11 is 1.32. The van der Waals surface area contributed by atoms with E-state index in [4.69, 9.17) is 9.47 Å². The Kier molecular flexibility index (Phi) is 8.32. The van der Waals surface area contributed by atoms with Gasteiger partial charge < -0.3 is 20.1 Å². The summed E-state index contributed by atoms with van der Waals surface area (Å²) in [6.07, 6.45) is -2.04. The third-order valence-corrected chi connectivity index (χ3v) is 6.88. The molecule has 0 unspecified atom stereocenters. The Balaban J connectivity index is 1.23. The van der Waals surface area contributed by atoms with E-state index >= 15 is 0 Å². The van der Waals surface area contributed by atoms with Crippen LogP contribution in [0.1, 0.15) is 57.1 Å². The van der Waals surface area contributed by atoms with Gasteiger partial charge in [-0.2, -0.15) is 13.2 Å². The molecular weight excluding hydrogens is 507 g/mol. The van der Waals surface area contributed by atoms with Crippen molar-refractivity contribution in [3.05, 3.63) is 75.7 Å². The topological polar surface area (TPSA) is 89.6 Å². The van der Waals surface area contributed by atoms with Gasteiger partial charge in [0.2, 0.25) is 0 Å². The normalized spacial score (nSPS) is 17.6. The average Bonchev–Trinajstić information content (AvgIpc) is 3.37. The maximum atomic E-state index is 12.9. The van der Waals surface area contributed by atoms with Crippen molar-refractivity contribution in [3.63, 3.8) is 0 Å². The number of benzene rings is 2. The lowest BCUT2D eigenvalue weighted by molar-refractivity contribution is -0.137. The van der Waals surface area contributed by atoms with E-state index in [1.54, 1.807) is 24.6 Å². The number of ether oxygens (including phenoxy) is 2. The molecule has 0 aliphatic heterocycles. The summed E-state index contributed by atoms with van der Waals surface area (Å²) in [7, 11) is 1.56. The molecule has 2 aromatic carbocycles. The van der Waals surface area contributed by atoms with Crippen LogP contribution in [0.3, 0.4) is 0 Å². The molecule has 7 nitrogen and oxygen atoms in total. The van der Waals surface area contributed by atoms with Crippen LogP contribution < -0.4 is 20.1 Å². The molecule has 0 atom stereocenters. The molecule has 196 valence electrons. The van der Waals surface area contributed by atoms with Gasteiger partial charge in [0.05, 0.1) is 12.7 Å². The predicted molar refractivity (Wildman–Crippen MR) is 132 cm³/mol. The number of amides is 2. The van der Waals surface area contributed by atoms with Gasteiger partial charge in [-0.15, -0.1) is 11.3 Å². The Morgan fingerprint density at radius 2 is 1.62 bits per heavy atom. The number of hydrogen-bond donors (Lipinski definition) is 2. The Morgan fingerprint density at radius 1 is 0.973 bits per heavy atom. The van der Waals surface area contributed by atoms with Crippen LogP contribution in [-0.4, -0.2) is 36.0 Å². The number of carbonyl (C=O) groups is 2. The molecule has 2 amide bonds. The fraction of sp³-hybridized carbons (Fsp3) is 0.346. The van der Waals surface area contributed by atoms with Crippen molar-refractivity contribution < 1.29 is 32.2 Å². The molecule has 1 fully saturated rings. The van der Waals surface area contributed by atoms with Gasteiger partial charge in [-0.05, 0) is 56.0 Å². The van der Waals surface area contributed by atoms with Crippen molar-refractivity contribution in [3.8, 4) is 11.5 Å². The predicted octanol–water partition coefficient (Wildman–Crippen LogP) is 5.22. The summed E-state index contributed by atoms with van der Waals surface area (Å²) in [6, 6.07) is 11.4. The van der Waals surface area contributed by atoms with Gasteiger partial charge in [0, 0.05) is 23.0 Å². The first-order chi connectivity index (χ1) is 17.7. The van der Waals surface area contributed by atoms with Crippen LogP contribution in [-0.2, 0) is 12.8 Å². The summed E-state index contributed by atoms with van der Waals surface area (Å²) in [5, 5.41) is 8.11. The first-order valence-electron chi connectivity index (χ1n) is 11.7. The van der Waals surface area contributed by atoms with Crippen LogP contribution in [0, 0.1) is 0 Å². The maximum absolute atomic E-state index is 12.9. The number of aromatic nitrogens is 1. The first-order valence-corrected chi connectivity index (χ1v) is 12.6. The molecule has 1 aromatic heterocycles. The van der Waals surface area contributed by atoms with Gasteiger partial charge in [0.25, 0.3) is 11.8 Å². The molecule has 0 bridgehead atoms. The molecule has 0 saturated heterocycles. The number of thiazole rings is 1. The minimum atomic E-state index is -4.51. The lowest BCUT2D eigenvalue weighted by Crippen LogP contribution is -2.43. The van der Waals surface area contributed by atoms with Crippen molar-refractivity contribution >= 4 is 23.2 Å². The van der Waals surface area contributed by atoms with Crippen LogP contribution in [0.5, 0.6) is 11.5 Å². The summed E-state index contributed by atoms with van der Waals surface area (Å²) in [6.45, 7) is 0.203. The van der Waals surface area contributed by atoms with Crippen LogP contribution >= 0.6 is 11.3 Å². The van der Waals surface area contributed by atoms with Crippen LogP contribution in [0.2, 0.25) is 0 Å². The molecule has 1 aliphatic carbocycles. The zero-order valence-corrected chi connectivity index (χ0v) is 20.8. The monoisotopic (exact) mass is 533 g/mol. The third-order valence-electron chi connectivity index (χ3n) is 6.05. The molecule has 3 aromatic rings. The van der Waals surface area contributed by atoms with Gasteiger partial charge in [-0.25, -0.2) is 4.98 Å². The van der Waals surface area contributed by atoms with Crippen molar-refractivity contribution in [2.75, 3.05) is 7.11 Å². The van der Waals surface area contributed by atoms with Crippen molar-refractivity contribution in [1.29, 1.82) is 0 Å². The highest BCUT2D eigenvalue weighted by atomic mass is 32.1. The van der Waals surface area contributed by atoms with E-state index in [1.807, 2.05) is 12.1 Å². The molecule has 0 radical (unpaired) electrons. The van der Waals surface area contributed by atoms with Gasteiger partial charge in [0.15, 0.2) is 11.5 Å². The second kappa shape index (κ2) is 11.6. The van der Waals surface area contributed by atoms with Crippen molar-refractivity contribution in [1.82, 2.24) is 15.6 Å².